The predicted molar refractivity (Wildman–Crippen MR) is 125 cm³/mol. The summed E-state index contributed by atoms with van der Waals surface area (Å²) in [5.74, 6) is -0.971. The molecule has 0 spiro atoms. The highest BCUT2D eigenvalue weighted by molar-refractivity contribution is 6.36. The Hall–Kier alpha value is -2.97. The van der Waals surface area contributed by atoms with Crippen LogP contribution in [0.2, 0.25) is 10.0 Å². The summed E-state index contributed by atoms with van der Waals surface area (Å²) in [6, 6.07) is 4.43. The van der Waals surface area contributed by atoms with E-state index < -0.39 is 11.9 Å². The third kappa shape index (κ3) is 5.34. The van der Waals surface area contributed by atoms with Crippen LogP contribution >= 0.6 is 23.2 Å². The Kier molecular flexibility index (Phi) is 7.71. The van der Waals surface area contributed by atoms with Crippen LogP contribution in [-0.4, -0.2) is 69.8 Å². The van der Waals surface area contributed by atoms with Gasteiger partial charge in [0.05, 0.1) is 16.3 Å². The molecule has 0 N–H and O–H groups in total. The number of carbonyl (C=O) groups is 3. The fraction of sp³-hybridized carbons (Fsp3) is 0.348. The van der Waals surface area contributed by atoms with E-state index in [9.17, 15) is 14.4 Å². The largest absolute Gasteiger partial charge is 0.458 e. The van der Waals surface area contributed by atoms with E-state index in [0.717, 1.165) is 0 Å². The minimum Gasteiger partial charge on any atom is -0.458 e. The maximum atomic E-state index is 13.4. The predicted octanol–water partition coefficient (Wildman–Crippen LogP) is 3.73. The molecule has 0 saturated carbocycles. The highest BCUT2D eigenvalue weighted by atomic mass is 35.5. The van der Waals surface area contributed by atoms with Gasteiger partial charge in [-0.25, -0.2) is 14.8 Å². The molecular weight excluding hydrogens is 467 g/mol. The van der Waals surface area contributed by atoms with Crippen molar-refractivity contribution in [2.45, 2.75) is 26.8 Å². The third-order valence-electron chi connectivity index (χ3n) is 5.28. The molecule has 0 radical (unpaired) electrons. The van der Waals surface area contributed by atoms with Gasteiger partial charge in [-0.05, 0) is 39.0 Å². The van der Waals surface area contributed by atoms with Crippen LogP contribution in [-0.2, 0) is 4.74 Å². The number of aromatic nitrogens is 2. The van der Waals surface area contributed by atoms with E-state index in [2.05, 4.69) is 16.5 Å². The summed E-state index contributed by atoms with van der Waals surface area (Å²) in [5.41, 5.74) is 0.731. The number of hydrogen-bond acceptors (Lipinski definition) is 6. The molecule has 174 valence electrons. The van der Waals surface area contributed by atoms with Gasteiger partial charge in [-0.3, -0.25) is 9.59 Å². The molecule has 1 saturated heterocycles. The minimum atomic E-state index is -0.685. The zero-order valence-electron chi connectivity index (χ0n) is 18.6. The molecule has 0 bridgehead atoms. The van der Waals surface area contributed by atoms with Crippen molar-refractivity contribution < 1.29 is 19.1 Å². The summed E-state index contributed by atoms with van der Waals surface area (Å²) in [5, 5.41) is 0.714. The van der Waals surface area contributed by atoms with E-state index in [4.69, 9.17) is 27.9 Å². The molecule has 2 heterocycles. The molecule has 3 rings (SSSR count). The van der Waals surface area contributed by atoms with Crippen molar-refractivity contribution >= 4 is 41.0 Å². The maximum absolute atomic E-state index is 13.4. The molecular formula is C23H24Cl2N4O4. The molecule has 10 heteroatoms. The van der Waals surface area contributed by atoms with Crippen molar-refractivity contribution in [3.63, 3.8) is 0 Å². The smallest absolute Gasteiger partial charge is 0.342 e. The zero-order chi connectivity index (χ0) is 24.3. The van der Waals surface area contributed by atoms with E-state index >= 15 is 0 Å². The summed E-state index contributed by atoms with van der Waals surface area (Å²) < 4.78 is 5.13. The van der Waals surface area contributed by atoms with Crippen LogP contribution in [0.3, 0.4) is 0 Å². The monoisotopic (exact) mass is 490 g/mol. The molecule has 33 heavy (non-hydrogen) atoms. The first kappa shape index (κ1) is 24.7. The molecule has 2 amide bonds. The van der Waals surface area contributed by atoms with E-state index in [1.807, 2.05) is 6.92 Å². The lowest BCUT2D eigenvalue weighted by Crippen LogP contribution is -2.55. The fourth-order valence-electron chi connectivity index (χ4n) is 3.73. The molecule has 1 aromatic heterocycles. The summed E-state index contributed by atoms with van der Waals surface area (Å²) in [4.78, 5) is 50.6. The van der Waals surface area contributed by atoms with Gasteiger partial charge in [0.25, 0.3) is 11.8 Å². The Bertz CT molecular complexity index is 1120. The summed E-state index contributed by atoms with van der Waals surface area (Å²) >= 11 is 12.1. The second kappa shape index (κ2) is 10.3. The Balaban J connectivity index is 1.81. The Morgan fingerprint density at radius 3 is 2.55 bits per heavy atom. The number of hydrogen-bond donors (Lipinski definition) is 0. The van der Waals surface area contributed by atoms with Gasteiger partial charge in [-0.15, -0.1) is 0 Å². The second-order valence-electron chi connectivity index (χ2n) is 7.69. The highest BCUT2D eigenvalue weighted by Crippen LogP contribution is 2.25. The van der Waals surface area contributed by atoms with Crippen molar-refractivity contribution in [1.29, 1.82) is 0 Å². The fourth-order valence-corrected chi connectivity index (χ4v) is 4.22. The van der Waals surface area contributed by atoms with Crippen molar-refractivity contribution in [2.75, 3.05) is 26.2 Å². The Morgan fingerprint density at radius 2 is 1.91 bits per heavy atom. The van der Waals surface area contributed by atoms with Gasteiger partial charge in [0, 0.05) is 30.7 Å². The molecule has 2 aromatic rings. The average Bonchev–Trinajstić information content (AvgIpc) is 2.76. The SMILES string of the molecule is C=CCOC(=O)c1c(C)nc(C)nc1C(=O)N1CCN(C(=O)c2ccc(Cl)cc2Cl)C(C)C1. The molecule has 1 unspecified atom stereocenters. The molecule has 1 fully saturated rings. The standard InChI is InChI=1S/C23H24Cl2N4O4/c1-5-10-33-23(32)19-14(3)26-15(4)27-20(19)22(31)28-8-9-29(13(2)12-28)21(30)17-7-6-16(24)11-18(17)25/h5-7,11,13H,1,8-10,12H2,2-4H3. The number of amides is 2. The molecule has 0 aliphatic carbocycles. The van der Waals surface area contributed by atoms with Crippen LogP contribution in [0.25, 0.3) is 0 Å². The first-order valence-corrected chi connectivity index (χ1v) is 11.1. The molecule has 8 nitrogen and oxygen atoms in total. The number of piperazine rings is 1. The summed E-state index contributed by atoms with van der Waals surface area (Å²) in [6.07, 6.45) is 1.44. The number of carbonyl (C=O) groups excluding carboxylic acids is 3. The van der Waals surface area contributed by atoms with Crippen molar-refractivity contribution in [1.82, 2.24) is 19.8 Å². The quantitative estimate of drug-likeness (QED) is 0.468. The second-order valence-corrected chi connectivity index (χ2v) is 8.53. The first-order chi connectivity index (χ1) is 15.6. The van der Waals surface area contributed by atoms with Crippen molar-refractivity contribution in [3.05, 3.63) is 69.2 Å². The van der Waals surface area contributed by atoms with Gasteiger partial charge in [-0.1, -0.05) is 35.9 Å². The van der Waals surface area contributed by atoms with E-state index in [-0.39, 0.29) is 47.9 Å². The third-order valence-corrected chi connectivity index (χ3v) is 5.83. The van der Waals surface area contributed by atoms with Gasteiger partial charge < -0.3 is 14.5 Å². The average molecular weight is 491 g/mol. The van der Waals surface area contributed by atoms with Gasteiger partial charge >= 0.3 is 5.97 Å². The lowest BCUT2D eigenvalue weighted by molar-refractivity contribution is 0.0407. The minimum absolute atomic E-state index is 0.00482. The molecule has 1 atom stereocenters. The van der Waals surface area contributed by atoms with Crippen LogP contribution in [0.1, 0.15) is 49.6 Å². The first-order valence-electron chi connectivity index (χ1n) is 10.3. The number of nitrogens with zero attached hydrogens (tertiary/aromatic N) is 4. The zero-order valence-corrected chi connectivity index (χ0v) is 20.1. The van der Waals surface area contributed by atoms with Gasteiger partial charge in [0.2, 0.25) is 0 Å². The lowest BCUT2D eigenvalue weighted by Gasteiger charge is -2.40. The van der Waals surface area contributed by atoms with Crippen LogP contribution in [0.5, 0.6) is 0 Å². The Morgan fingerprint density at radius 1 is 1.18 bits per heavy atom. The summed E-state index contributed by atoms with van der Waals surface area (Å²) in [7, 11) is 0. The summed E-state index contributed by atoms with van der Waals surface area (Å²) in [6.45, 7) is 9.48. The lowest BCUT2D eigenvalue weighted by atomic mass is 10.1. The number of aryl methyl sites for hydroxylation is 2. The normalized spacial score (nSPS) is 15.8. The van der Waals surface area contributed by atoms with E-state index in [0.29, 0.717) is 28.6 Å². The van der Waals surface area contributed by atoms with E-state index in [1.165, 1.54) is 12.1 Å². The van der Waals surface area contributed by atoms with Crippen LogP contribution in [0.4, 0.5) is 0 Å². The number of esters is 1. The Labute approximate surface area is 202 Å². The molecule has 1 aliphatic rings. The van der Waals surface area contributed by atoms with Crippen molar-refractivity contribution in [3.8, 4) is 0 Å². The van der Waals surface area contributed by atoms with Gasteiger partial charge in [0.1, 0.15) is 23.7 Å². The van der Waals surface area contributed by atoms with Crippen LogP contribution in [0.15, 0.2) is 30.9 Å². The maximum Gasteiger partial charge on any atom is 0.342 e. The number of benzene rings is 1. The van der Waals surface area contributed by atoms with Gasteiger partial charge in [-0.2, -0.15) is 0 Å². The molecule has 1 aliphatic heterocycles. The topological polar surface area (TPSA) is 92.7 Å². The number of halogens is 2. The molecule has 1 aromatic carbocycles. The van der Waals surface area contributed by atoms with E-state index in [1.54, 1.807) is 35.8 Å². The van der Waals surface area contributed by atoms with Crippen LogP contribution < -0.4 is 0 Å². The highest BCUT2D eigenvalue weighted by Gasteiger charge is 2.34. The van der Waals surface area contributed by atoms with Gasteiger partial charge in [0.15, 0.2) is 0 Å². The van der Waals surface area contributed by atoms with Crippen LogP contribution in [0, 0.1) is 13.8 Å². The van der Waals surface area contributed by atoms with Crippen molar-refractivity contribution in [2.24, 2.45) is 0 Å². The number of rotatable bonds is 5. The number of ether oxygens (including phenoxy) is 1.